The van der Waals surface area contributed by atoms with Gasteiger partial charge in [0.2, 0.25) is 17.7 Å². The predicted octanol–water partition coefficient (Wildman–Crippen LogP) is -1.06. The molecule has 0 aromatic rings. The van der Waals surface area contributed by atoms with E-state index in [0.29, 0.717) is 39.4 Å². The van der Waals surface area contributed by atoms with Crippen molar-refractivity contribution in [2.24, 2.45) is 0 Å². The van der Waals surface area contributed by atoms with Gasteiger partial charge >= 0.3 is 0 Å². The van der Waals surface area contributed by atoms with Gasteiger partial charge in [-0.3, -0.25) is 24.6 Å². The zero-order valence-electron chi connectivity index (χ0n) is 15.4. The molecule has 1 aliphatic heterocycles. The summed E-state index contributed by atoms with van der Waals surface area (Å²) < 4.78 is 10.6. The largest absolute Gasteiger partial charge is 0.379 e. The number of aliphatic hydroxyl groups is 1. The molecule has 0 saturated carbocycles. The molecule has 1 fully saturated rings. The maximum Gasteiger partial charge on any atom is 0.242 e. The number of hydrogen-bond donors (Lipinski definition) is 3. The minimum atomic E-state index is -0.566. The van der Waals surface area contributed by atoms with Crippen molar-refractivity contribution in [3.63, 3.8) is 0 Å². The smallest absolute Gasteiger partial charge is 0.242 e. The van der Waals surface area contributed by atoms with Crippen LogP contribution in [0.3, 0.4) is 0 Å². The first-order chi connectivity index (χ1) is 12.5. The van der Waals surface area contributed by atoms with Gasteiger partial charge in [0.05, 0.1) is 31.7 Å². The molecule has 1 rings (SSSR count). The van der Waals surface area contributed by atoms with Gasteiger partial charge in [-0.15, -0.1) is 0 Å². The average molecular weight is 391 g/mol. The summed E-state index contributed by atoms with van der Waals surface area (Å²) in [6.45, 7) is 2.08. The van der Waals surface area contributed by atoms with Gasteiger partial charge < -0.3 is 19.9 Å². The normalized spacial score (nSPS) is 18.4. The van der Waals surface area contributed by atoms with Crippen molar-refractivity contribution >= 4 is 29.5 Å². The third-order valence-electron chi connectivity index (χ3n) is 3.86. The van der Waals surface area contributed by atoms with E-state index in [-0.39, 0.29) is 42.4 Å². The van der Waals surface area contributed by atoms with Crippen molar-refractivity contribution < 1.29 is 29.0 Å². The molecule has 26 heavy (non-hydrogen) atoms. The number of rotatable bonds is 14. The number of ether oxygens (including phenoxy) is 2. The van der Waals surface area contributed by atoms with Gasteiger partial charge in [-0.1, -0.05) is 0 Å². The molecule has 1 saturated heterocycles. The molecule has 2 atom stereocenters. The molecule has 150 valence electrons. The quantitative estimate of drug-likeness (QED) is 0.195. The molecule has 0 spiro atoms. The Balaban J connectivity index is 1.99. The lowest BCUT2D eigenvalue weighted by atomic mass is 10.3. The number of imide groups is 1. The summed E-state index contributed by atoms with van der Waals surface area (Å²) in [5.74, 6) is -0.646. The highest BCUT2D eigenvalue weighted by molar-refractivity contribution is 8.00. The Labute approximate surface area is 158 Å². The predicted molar refractivity (Wildman–Crippen MR) is 97.6 cm³/mol. The zero-order chi connectivity index (χ0) is 19.4. The van der Waals surface area contributed by atoms with E-state index in [0.717, 1.165) is 0 Å². The maximum absolute atomic E-state index is 11.9. The number of nitrogens with zero attached hydrogens (tertiary/aromatic N) is 1. The molecule has 0 aromatic carbocycles. The molecule has 1 aliphatic rings. The molecule has 9 nitrogen and oxygen atoms in total. The number of hydrogen-bond acceptors (Lipinski definition) is 8. The first kappa shape index (κ1) is 22.8. The maximum atomic E-state index is 11.9. The highest BCUT2D eigenvalue weighted by Crippen LogP contribution is 2.22. The third kappa shape index (κ3) is 8.45. The van der Waals surface area contributed by atoms with Crippen molar-refractivity contribution in [1.82, 2.24) is 15.5 Å². The molecule has 3 amide bonds. The number of nitrogens with one attached hydrogen (secondary N) is 2. The Bertz CT molecular complexity index is 465. The number of carbonyl (C=O) groups is 3. The summed E-state index contributed by atoms with van der Waals surface area (Å²) in [5, 5.41) is 14.3. The number of aliphatic hydroxyl groups excluding tert-OH is 1. The fourth-order valence-electron chi connectivity index (χ4n) is 2.30. The van der Waals surface area contributed by atoms with Gasteiger partial charge in [-0.05, 0) is 13.3 Å². The first-order valence-corrected chi connectivity index (χ1v) is 9.93. The number of amides is 3. The Morgan fingerprint density at radius 3 is 2.62 bits per heavy atom. The monoisotopic (exact) mass is 391 g/mol. The minimum Gasteiger partial charge on any atom is -0.379 e. The average Bonchev–Trinajstić information content (AvgIpc) is 2.91. The second kappa shape index (κ2) is 13.0. The van der Waals surface area contributed by atoms with Crippen LogP contribution in [0.25, 0.3) is 0 Å². The zero-order valence-corrected chi connectivity index (χ0v) is 16.2. The van der Waals surface area contributed by atoms with Crippen LogP contribution in [0.1, 0.15) is 19.3 Å². The van der Waals surface area contributed by atoms with E-state index >= 15 is 0 Å². The molecule has 1 unspecified atom stereocenters. The van der Waals surface area contributed by atoms with E-state index in [2.05, 4.69) is 10.6 Å². The van der Waals surface area contributed by atoms with Crippen LogP contribution in [-0.4, -0.2) is 92.0 Å². The summed E-state index contributed by atoms with van der Waals surface area (Å²) in [5.41, 5.74) is 0. The summed E-state index contributed by atoms with van der Waals surface area (Å²) in [6, 6.07) is 0. The molecule has 0 aromatic heterocycles. The van der Waals surface area contributed by atoms with Gasteiger partial charge in [0.25, 0.3) is 0 Å². The Hall–Kier alpha value is -1.20. The lowest BCUT2D eigenvalue weighted by molar-refractivity contribution is -0.138. The second-order valence-electron chi connectivity index (χ2n) is 5.73. The lowest BCUT2D eigenvalue weighted by Gasteiger charge is -2.14. The highest BCUT2D eigenvalue weighted by atomic mass is 32.2. The topological polar surface area (TPSA) is 117 Å². The molecule has 0 aliphatic carbocycles. The van der Waals surface area contributed by atoms with Crippen molar-refractivity contribution in [3.8, 4) is 0 Å². The van der Waals surface area contributed by atoms with Crippen LogP contribution < -0.4 is 10.6 Å². The van der Waals surface area contributed by atoms with E-state index in [4.69, 9.17) is 9.47 Å². The SMILES string of the molecule is CNC(O)CCOCCOCCNC(=O)CCN1C(=O)C[C@H](SC)C1=O. The van der Waals surface area contributed by atoms with Gasteiger partial charge in [-0.25, -0.2) is 0 Å². The fraction of sp³-hybridized carbons (Fsp3) is 0.812. The van der Waals surface area contributed by atoms with Crippen molar-refractivity contribution in [1.29, 1.82) is 0 Å². The van der Waals surface area contributed by atoms with Crippen molar-refractivity contribution in [2.75, 3.05) is 52.8 Å². The van der Waals surface area contributed by atoms with Crippen LogP contribution in [0.2, 0.25) is 0 Å². The fourth-order valence-corrected chi connectivity index (χ4v) is 2.94. The third-order valence-corrected chi connectivity index (χ3v) is 4.80. The van der Waals surface area contributed by atoms with Crippen LogP contribution in [-0.2, 0) is 23.9 Å². The first-order valence-electron chi connectivity index (χ1n) is 8.64. The van der Waals surface area contributed by atoms with E-state index in [1.54, 1.807) is 13.3 Å². The van der Waals surface area contributed by atoms with Gasteiger partial charge in [0, 0.05) is 32.4 Å². The number of likely N-dealkylation sites (tertiary alicyclic amines) is 1. The van der Waals surface area contributed by atoms with Crippen LogP contribution >= 0.6 is 11.8 Å². The van der Waals surface area contributed by atoms with Crippen LogP contribution in [0.5, 0.6) is 0 Å². The van der Waals surface area contributed by atoms with Gasteiger partial charge in [-0.2, -0.15) is 11.8 Å². The Morgan fingerprint density at radius 2 is 2.00 bits per heavy atom. The molecular weight excluding hydrogens is 362 g/mol. The molecule has 0 radical (unpaired) electrons. The van der Waals surface area contributed by atoms with E-state index in [1.165, 1.54) is 16.7 Å². The molecular formula is C16H29N3O6S. The summed E-state index contributed by atoms with van der Waals surface area (Å²) in [4.78, 5) is 36.6. The van der Waals surface area contributed by atoms with Gasteiger partial charge in [0.15, 0.2) is 0 Å². The highest BCUT2D eigenvalue weighted by Gasteiger charge is 2.37. The van der Waals surface area contributed by atoms with E-state index < -0.39 is 6.23 Å². The molecule has 3 N–H and O–H groups in total. The number of thioether (sulfide) groups is 1. The molecule has 1 heterocycles. The standard InChI is InChI=1S/C16H29N3O6S/c1-17-13(20)4-7-24-9-10-25-8-5-18-14(21)3-6-19-15(22)11-12(26-2)16(19)23/h12-13,17,20H,3-11H2,1-2H3,(H,18,21)/t12-,13?/m0/s1. The summed E-state index contributed by atoms with van der Waals surface area (Å²) in [7, 11) is 1.67. The van der Waals surface area contributed by atoms with Gasteiger partial charge in [0.1, 0.15) is 6.23 Å². The second-order valence-corrected chi connectivity index (χ2v) is 6.77. The van der Waals surface area contributed by atoms with Crippen LogP contribution in [0.15, 0.2) is 0 Å². The molecule has 10 heteroatoms. The molecule has 0 bridgehead atoms. The van der Waals surface area contributed by atoms with E-state index in [1.807, 2.05) is 0 Å². The van der Waals surface area contributed by atoms with E-state index in [9.17, 15) is 19.5 Å². The number of carbonyl (C=O) groups excluding carboxylic acids is 3. The lowest BCUT2D eigenvalue weighted by Crippen LogP contribution is -2.36. The minimum absolute atomic E-state index is 0.0927. The Kier molecular flexibility index (Phi) is 11.5. The van der Waals surface area contributed by atoms with Crippen molar-refractivity contribution in [2.45, 2.75) is 30.7 Å². The van der Waals surface area contributed by atoms with Crippen LogP contribution in [0, 0.1) is 0 Å². The summed E-state index contributed by atoms with van der Waals surface area (Å²) in [6.07, 6.45) is 2.04. The summed E-state index contributed by atoms with van der Waals surface area (Å²) >= 11 is 1.36. The van der Waals surface area contributed by atoms with Crippen LogP contribution in [0.4, 0.5) is 0 Å². The Morgan fingerprint density at radius 1 is 1.31 bits per heavy atom. The van der Waals surface area contributed by atoms with Crippen molar-refractivity contribution in [3.05, 3.63) is 0 Å².